The van der Waals surface area contributed by atoms with Gasteiger partial charge in [0.15, 0.2) is 0 Å². The van der Waals surface area contributed by atoms with Crippen LogP contribution >= 0.6 is 0 Å². The Labute approximate surface area is 130 Å². The highest BCUT2D eigenvalue weighted by atomic mass is 16.5. The Morgan fingerprint density at radius 1 is 1.10 bits per heavy atom. The van der Waals surface area contributed by atoms with E-state index in [0.717, 1.165) is 39.3 Å². The first-order valence-electron chi connectivity index (χ1n) is 8.87. The minimum Gasteiger partial charge on any atom is -0.377 e. The maximum absolute atomic E-state index is 6.20. The van der Waals surface area contributed by atoms with Gasteiger partial charge in [0.1, 0.15) is 0 Å². The SMILES string of the molecule is CCN(CC1CCCO1)CC1CCC(CNCC(C)C)O1. The number of likely N-dealkylation sites (N-methyl/N-ethyl adjacent to an activating group) is 1. The van der Waals surface area contributed by atoms with E-state index in [-0.39, 0.29) is 0 Å². The molecule has 21 heavy (non-hydrogen) atoms. The quantitative estimate of drug-likeness (QED) is 0.708. The van der Waals surface area contributed by atoms with E-state index in [4.69, 9.17) is 9.47 Å². The van der Waals surface area contributed by atoms with Crippen molar-refractivity contribution in [3.8, 4) is 0 Å². The van der Waals surface area contributed by atoms with Crippen molar-refractivity contribution in [3.05, 3.63) is 0 Å². The summed E-state index contributed by atoms with van der Waals surface area (Å²) in [6, 6.07) is 0. The van der Waals surface area contributed by atoms with E-state index < -0.39 is 0 Å². The van der Waals surface area contributed by atoms with Crippen molar-refractivity contribution in [1.29, 1.82) is 0 Å². The Morgan fingerprint density at radius 3 is 2.52 bits per heavy atom. The summed E-state index contributed by atoms with van der Waals surface area (Å²) in [6.45, 7) is 13.0. The molecular formula is C17H34N2O2. The topological polar surface area (TPSA) is 33.7 Å². The van der Waals surface area contributed by atoms with Gasteiger partial charge in [0.25, 0.3) is 0 Å². The zero-order valence-corrected chi connectivity index (χ0v) is 14.1. The van der Waals surface area contributed by atoms with Crippen LogP contribution in [0.4, 0.5) is 0 Å². The van der Waals surface area contributed by atoms with Crippen molar-refractivity contribution in [2.24, 2.45) is 5.92 Å². The molecule has 0 aromatic heterocycles. The summed E-state index contributed by atoms with van der Waals surface area (Å²) in [4.78, 5) is 2.50. The van der Waals surface area contributed by atoms with Crippen LogP contribution in [0, 0.1) is 5.92 Å². The predicted octanol–water partition coefficient (Wildman–Crippen LogP) is 2.28. The number of nitrogens with one attached hydrogen (secondary N) is 1. The van der Waals surface area contributed by atoms with Gasteiger partial charge in [-0.05, 0) is 44.7 Å². The van der Waals surface area contributed by atoms with Crippen LogP contribution < -0.4 is 5.32 Å². The van der Waals surface area contributed by atoms with E-state index in [1.807, 2.05) is 0 Å². The molecule has 1 N–H and O–H groups in total. The largest absolute Gasteiger partial charge is 0.377 e. The summed E-state index contributed by atoms with van der Waals surface area (Å²) in [5.41, 5.74) is 0. The van der Waals surface area contributed by atoms with Gasteiger partial charge in [0.2, 0.25) is 0 Å². The lowest BCUT2D eigenvalue weighted by Gasteiger charge is -2.26. The average Bonchev–Trinajstić information content (AvgIpc) is 3.09. The molecule has 0 radical (unpaired) electrons. The van der Waals surface area contributed by atoms with Crippen LogP contribution in [-0.2, 0) is 9.47 Å². The summed E-state index contributed by atoms with van der Waals surface area (Å²) < 4.78 is 11.9. The Bertz CT molecular complexity index is 280. The first-order valence-corrected chi connectivity index (χ1v) is 8.87. The van der Waals surface area contributed by atoms with Crippen LogP contribution in [0.2, 0.25) is 0 Å². The third-order valence-electron chi connectivity index (χ3n) is 4.51. The first kappa shape index (κ1) is 17.2. The number of nitrogens with zero attached hydrogens (tertiary/aromatic N) is 1. The Kier molecular flexibility index (Phi) is 7.44. The van der Waals surface area contributed by atoms with Gasteiger partial charge in [-0.2, -0.15) is 0 Å². The lowest BCUT2D eigenvalue weighted by atomic mass is 10.1. The second-order valence-electron chi connectivity index (χ2n) is 7.00. The van der Waals surface area contributed by atoms with E-state index in [1.54, 1.807) is 0 Å². The first-order chi connectivity index (χ1) is 10.2. The number of hydrogen-bond acceptors (Lipinski definition) is 4. The van der Waals surface area contributed by atoms with Crippen LogP contribution in [0.15, 0.2) is 0 Å². The fraction of sp³-hybridized carbons (Fsp3) is 1.00. The predicted molar refractivity (Wildman–Crippen MR) is 86.7 cm³/mol. The van der Waals surface area contributed by atoms with E-state index in [2.05, 4.69) is 31.0 Å². The third kappa shape index (κ3) is 6.23. The number of hydrogen-bond donors (Lipinski definition) is 1. The van der Waals surface area contributed by atoms with Gasteiger partial charge in [-0.25, -0.2) is 0 Å². The monoisotopic (exact) mass is 298 g/mol. The summed E-state index contributed by atoms with van der Waals surface area (Å²) in [7, 11) is 0. The fourth-order valence-corrected chi connectivity index (χ4v) is 3.29. The van der Waals surface area contributed by atoms with Gasteiger partial charge in [-0.1, -0.05) is 20.8 Å². The zero-order chi connectivity index (χ0) is 15.1. The van der Waals surface area contributed by atoms with Crippen molar-refractivity contribution in [3.63, 3.8) is 0 Å². The smallest absolute Gasteiger partial charge is 0.0707 e. The van der Waals surface area contributed by atoms with Gasteiger partial charge >= 0.3 is 0 Å². The molecule has 2 aliphatic heterocycles. The van der Waals surface area contributed by atoms with Crippen molar-refractivity contribution < 1.29 is 9.47 Å². The van der Waals surface area contributed by atoms with Crippen LogP contribution in [-0.4, -0.2) is 62.5 Å². The van der Waals surface area contributed by atoms with Gasteiger partial charge in [-0.15, -0.1) is 0 Å². The molecule has 0 bridgehead atoms. The lowest BCUT2D eigenvalue weighted by Crippen LogP contribution is -2.38. The number of ether oxygens (including phenoxy) is 2. The van der Waals surface area contributed by atoms with Crippen LogP contribution in [0.5, 0.6) is 0 Å². The minimum absolute atomic E-state index is 0.412. The Balaban J connectivity index is 1.63. The van der Waals surface area contributed by atoms with E-state index in [9.17, 15) is 0 Å². The molecule has 4 nitrogen and oxygen atoms in total. The standard InChI is InChI=1S/C17H34N2O2/c1-4-19(12-16-6-5-9-20-16)13-17-8-7-15(21-17)11-18-10-14(2)3/h14-18H,4-13H2,1-3H3. The Morgan fingerprint density at radius 2 is 1.86 bits per heavy atom. The molecule has 3 unspecified atom stereocenters. The van der Waals surface area contributed by atoms with Crippen molar-refractivity contribution in [2.75, 3.05) is 39.3 Å². The Hall–Kier alpha value is -0.160. The third-order valence-corrected chi connectivity index (χ3v) is 4.51. The molecule has 0 aromatic carbocycles. The van der Waals surface area contributed by atoms with Crippen LogP contribution in [0.25, 0.3) is 0 Å². The number of rotatable bonds is 9. The molecule has 4 heteroatoms. The van der Waals surface area contributed by atoms with Crippen molar-refractivity contribution in [1.82, 2.24) is 10.2 Å². The van der Waals surface area contributed by atoms with Gasteiger partial charge in [-0.3, -0.25) is 4.90 Å². The molecule has 0 aromatic rings. The minimum atomic E-state index is 0.412. The van der Waals surface area contributed by atoms with Crippen molar-refractivity contribution >= 4 is 0 Å². The molecule has 0 saturated carbocycles. The van der Waals surface area contributed by atoms with Gasteiger partial charge in [0, 0.05) is 26.2 Å². The highest BCUT2D eigenvalue weighted by molar-refractivity contribution is 4.79. The molecule has 0 aliphatic carbocycles. The maximum atomic E-state index is 6.20. The summed E-state index contributed by atoms with van der Waals surface area (Å²) in [5, 5.41) is 3.51. The average molecular weight is 298 g/mol. The molecular weight excluding hydrogens is 264 g/mol. The lowest BCUT2D eigenvalue weighted by molar-refractivity contribution is 0.0103. The summed E-state index contributed by atoms with van der Waals surface area (Å²) >= 11 is 0. The second-order valence-corrected chi connectivity index (χ2v) is 7.00. The second kappa shape index (κ2) is 9.09. The van der Waals surface area contributed by atoms with Gasteiger partial charge < -0.3 is 14.8 Å². The molecule has 3 atom stereocenters. The highest BCUT2D eigenvalue weighted by Crippen LogP contribution is 2.21. The summed E-state index contributed by atoms with van der Waals surface area (Å²) in [6.07, 6.45) is 6.14. The molecule has 2 heterocycles. The van der Waals surface area contributed by atoms with Gasteiger partial charge in [0.05, 0.1) is 18.3 Å². The summed E-state index contributed by atoms with van der Waals surface area (Å²) in [5.74, 6) is 0.712. The van der Waals surface area contributed by atoms with Crippen LogP contribution in [0.3, 0.4) is 0 Å². The van der Waals surface area contributed by atoms with E-state index in [0.29, 0.717) is 24.2 Å². The van der Waals surface area contributed by atoms with E-state index >= 15 is 0 Å². The van der Waals surface area contributed by atoms with E-state index in [1.165, 1.54) is 25.7 Å². The van der Waals surface area contributed by atoms with Crippen molar-refractivity contribution in [2.45, 2.75) is 64.8 Å². The molecule has 0 amide bonds. The molecule has 2 rings (SSSR count). The molecule has 124 valence electrons. The molecule has 2 aliphatic rings. The maximum Gasteiger partial charge on any atom is 0.0707 e. The molecule has 2 fully saturated rings. The molecule has 2 saturated heterocycles. The zero-order valence-electron chi connectivity index (χ0n) is 14.1. The fourth-order valence-electron chi connectivity index (χ4n) is 3.29. The van der Waals surface area contributed by atoms with Crippen LogP contribution in [0.1, 0.15) is 46.5 Å². The highest BCUT2D eigenvalue weighted by Gasteiger charge is 2.27. The molecule has 0 spiro atoms. The normalized spacial score (nSPS) is 29.9.